The summed E-state index contributed by atoms with van der Waals surface area (Å²) in [6, 6.07) is 0.115. The normalized spacial score (nSPS) is 27.6. The van der Waals surface area contributed by atoms with Crippen LogP contribution in [0.25, 0.3) is 0 Å². The summed E-state index contributed by atoms with van der Waals surface area (Å²) in [5.41, 5.74) is 0. The Bertz CT molecular complexity index is 205. The fourth-order valence-electron chi connectivity index (χ4n) is 1.85. The van der Waals surface area contributed by atoms with E-state index in [1.807, 2.05) is 6.92 Å². The molecule has 82 valence electrons. The van der Waals surface area contributed by atoms with Gasteiger partial charge in [-0.1, -0.05) is 13.8 Å². The minimum Gasteiger partial charge on any atom is -0.303 e. The molecule has 0 saturated carbocycles. The van der Waals surface area contributed by atoms with Gasteiger partial charge in [-0.05, 0) is 20.5 Å². The topological polar surface area (TPSA) is 23.6 Å². The second kappa shape index (κ2) is 4.89. The van der Waals surface area contributed by atoms with Gasteiger partial charge in [0, 0.05) is 25.6 Å². The first kappa shape index (κ1) is 11.7. The molecule has 1 fully saturated rings. The molecule has 1 aliphatic heterocycles. The van der Waals surface area contributed by atoms with Crippen LogP contribution in [-0.2, 0) is 4.79 Å². The lowest BCUT2D eigenvalue weighted by atomic mass is 9.95. The van der Waals surface area contributed by atoms with Gasteiger partial charge < -0.3 is 4.90 Å². The molecule has 0 aromatic heterocycles. The summed E-state index contributed by atoms with van der Waals surface area (Å²) in [6.45, 7) is 7.07. The zero-order chi connectivity index (χ0) is 10.7. The van der Waals surface area contributed by atoms with Crippen LogP contribution in [0, 0.1) is 5.92 Å². The SMILES string of the molecule is CCC(C)C(=O)C1CN(C)CCN1C. The Balaban J connectivity index is 2.60. The van der Waals surface area contributed by atoms with Crippen LogP contribution in [-0.4, -0.2) is 55.4 Å². The standard InChI is InChI=1S/C11H22N2O/c1-5-9(2)11(14)10-8-12(3)6-7-13(10)4/h9-10H,5-8H2,1-4H3. The molecule has 0 N–H and O–H groups in total. The number of hydrogen-bond donors (Lipinski definition) is 0. The molecule has 3 heteroatoms. The van der Waals surface area contributed by atoms with E-state index in [1.165, 1.54) is 0 Å². The quantitative estimate of drug-likeness (QED) is 0.671. The van der Waals surface area contributed by atoms with E-state index in [9.17, 15) is 4.79 Å². The Morgan fingerprint density at radius 3 is 2.64 bits per heavy atom. The summed E-state index contributed by atoms with van der Waals surface area (Å²) in [7, 11) is 4.14. The highest BCUT2D eigenvalue weighted by molar-refractivity contribution is 5.86. The van der Waals surface area contributed by atoms with Crippen molar-refractivity contribution in [3.63, 3.8) is 0 Å². The Labute approximate surface area is 87.1 Å². The molecule has 2 unspecified atom stereocenters. The Kier molecular flexibility index (Phi) is 4.08. The minimum atomic E-state index is 0.115. The van der Waals surface area contributed by atoms with E-state index in [1.54, 1.807) is 0 Å². The Hall–Kier alpha value is -0.410. The zero-order valence-electron chi connectivity index (χ0n) is 9.79. The summed E-state index contributed by atoms with van der Waals surface area (Å²) in [5.74, 6) is 0.607. The molecular formula is C11H22N2O. The largest absolute Gasteiger partial charge is 0.303 e. The van der Waals surface area contributed by atoms with Gasteiger partial charge >= 0.3 is 0 Å². The Morgan fingerprint density at radius 1 is 1.43 bits per heavy atom. The van der Waals surface area contributed by atoms with Gasteiger partial charge in [-0.25, -0.2) is 0 Å². The third-order valence-electron chi connectivity index (χ3n) is 3.28. The van der Waals surface area contributed by atoms with Crippen LogP contribution in [0.15, 0.2) is 0 Å². The molecule has 1 heterocycles. The average molecular weight is 198 g/mol. The molecule has 0 amide bonds. The van der Waals surface area contributed by atoms with Gasteiger partial charge in [-0.3, -0.25) is 9.69 Å². The summed E-state index contributed by atoms with van der Waals surface area (Å²) in [5, 5.41) is 0. The molecule has 1 rings (SSSR count). The highest BCUT2D eigenvalue weighted by Gasteiger charge is 2.30. The number of piperazine rings is 1. The summed E-state index contributed by atoms with van der Waals surface area (Å²) in [4.78, 5) is 16.4. The fourth-order valence-corrected chi connectivity index (χ4v) is 1.85. The highest BCUT2D eigenvalue weighted by Crippen LogP contribution is 2.13. The van der Waals surface area contributed by atoms with Crippen LogP contribution in [0.4, 0.5) is 0 Å². The molecule has 0 radical (unpaired) electrons. The number of carbonyl (C=O) groups excluding carboxylic acids is 1. The van der Waals surface area contributed by atoms with Crippen molar-refractivity contribution in [3.05, 3.63) is 0 Å². The highest BCUT2D eigenvalue weighted by atomic mass is 16.1. The van der Waals surface area contributed by atoms with Crippen molar-refractivity contribution in [3.8, 4) is 0 Å². The summed E-state index contributed by atoms with van der Waals surface area (Å²) < 4.78 is 0. The molecule has 0 bridgehead atoms. The molecule has 0 aliphatic carbocycles. The maximum Gasteiger partial charge on any atom is 0.154 e. The molecule has 1 saturated heterocycles. The van der Waals surface area contributed by atoms with Gasteiger partial charge in [-0.15, -0.1) is 0 Å². The number of ketones is 1. The molecule has 0 aromatic carbocycles. The van der Waals surface area contributed by atoms with E-state index in [4.69, 9.17) is 0 Å². The number of nitrogens with zero attached hydrogens (tertiary/aromatic N) is 2. The molecule has 14 heavy (non-hydrogen) atoms. The van der Waals surface area contributed by atoms with Crippen LogP contribution in [0.1, 0.15) is 20.3 Å². The third-order valence-corrected chi connectivity index (χ3v) is 3.28. The number of hydrogen-bond acceptors (Lipinski definition) is 3. The van der Waals surface area contributed by atoms with Crippen LogP contribution in [0.3, 0.4) is 0 Å². The second-order valence-corrected chi connectivity index (χ2v) is 4.47. The van der Waals surface area contributed by atoms with Gasteiger partial charge in [0.1, 0.15) is 0 Å². The van der Waals surface area contributed by atoms with E-state index < -0.39 is 0 Å². The smallest absolute Gasteiger partial charge is 0.154 e. The first-order valence-electron chi connectivity index (χ1n) is 5.48. The summed E-state index contributed by atoms with van der Waals surface area (Å²) in [6.07, 6.45) is 0.951. The molecule has 3 nitrogen and oxygen atoms in total. The number of likely N-dealkylation sites (N-methyl/N-ethyl adjacent to an activating group) is 2. The molecule has 2 atom stereocenters. The first-order valence-corrected chi connectivity index (χ1v) is 5.48. The molecular weight excluding hydrogens is 176 g/mol. The number of Topliss-reactive ketones (excluding diaryl/α,β-unsaturated/α-hetero) is 1. The van der Waals surface area contributed by atoms with Crippen molar-refractivity contribution in [2.75, 3.05) is 33.7 Å². The predicted octanol–water partition coefficient (Wildman–Crippen LogP) is 0.847. The average Bonchev–Trinajstić information content (AvgIpc) is 2.19. The van der Waals surface area contributed by atoms with Gasteiger partial charge in [-0.2, -0.15) is 0 Å². The van der Waals surface area contributed by atoms with Crippen LogP contribution in [0.2, 0.25) is 0 Å². The lowest BCUT2D eigenvalue weighted by Crippen LogP contribution is -2.54. The third kappa shape index (κ3) is 2.55. The maximum absolute atomic E-state index is 12.0. The van der Waals surface area contributed by atoms with Gasteiger partial charge in [0.05, 0.1) is 6.04 Å². The summed E-state index contributed by atoms with van der Waals surface area (Å²) >= 11 is 0. The van der Waals surface area contributed by atoms with E-state index >= 15 is 0 Å². The maximum atomic E-state index is 12.0. The van der Waals surface area contributed by atoms with Crippen molar-refractivity contribution in [2.24, 2.45) is 5.92 Å². The molecule has 0 aromatic rings. The molecule has 1 aliphatic rings. The lowest BCUT2D eigenvalue weighted by Gasteiger charge is -2.37. The molecule has 0 spiro atoms. The van der Waals surface area contributed by atoms with Crippen molar-refractivity contribution in [1.82, 2.24) is 9.80 Å². The number of carbonyl (C=O) groups is 1. The van der Waals surface area contributed by atoms with E-state index in [0.717, 1.165) is 26.1 Å². The monoisotopic (exact) mass is 198 g/mol. The van der Waals surface area contributed by atoms with E-state index in [0.29, 0.717) is 5.78 Å². The lowest BCUT2D eigenvalue weighted by molar-refractivity contribution is -0.129. The van der Waals surface area contributed by atoms with E-state index in [2.05, 4.69) is 30.8 Å². The zero-order valence-corrected chi connectivity index (χ0v) is 9.79. The van der Waals surface area contributed by atoms with E-state index in [-0.39, 0.29) is 12.0 Å². The first-order chi connectivity index (χ1) is 6.56. The minimum absolute atomic E-state index is 0.115. The van der Waals surface area contributed by atoms with Gasteiger partial charge in [0.25, 0.3) is 0 Å². The number of rotatable bonds is 3. The van der Waals surface area contributed by atoms with Crippen LogP contribution >= 0.6 is 0 Å². The fraction of sp³-hybridized carbons (Fsp3) is 0.909. The van der Waals surface area contributed by atoms with Crippen molar-refractivity contribution in [2.45, 2.75) is 26.3 Å². The van der Waals surface area contributed by atoms with Crippen LogP contribution in [0.5, 0.6) is 0 Å². The van der Waals surface area contributed by atoms with Gasteiger partial charge in [0.15, 0.2) is 5.78 Å². The second-order valence-electron chi connectivity index (χ2n) is 4.47. The van der Waals surface area contributed by atoms with Crippen molar-refractivity contribution in [1.29, 1.82) is 0 Å². The van der Waals surface area contributed by atoms with Gasteiger partial charge in [0.2, 0.25) is 0 Å². The van der Waals surface area contributed by atoms with Crippen molar-refractivity contribution < 1.29 is 4.79 Å². The van der Waals surface area contributed by atoms with Crippen molar-refractivity contribution >= 4 is 5.78 Å². The predicted molar refractivity (Wildman–Crippen MR) is 58.4 cm³/mol. The Morgan fingerprint density at radius 2 is 2.07 bits per heavy atom. The van der Waals surface area contributed by atoms with Crippen LogP contribution < -0.4 is 0 Å².